The summed E-state index contributed by atoms with van der Waals surface area (Å²) >= 11 is 0. The molecule has 0 aromatic carbocycles. The van der Waals surface area contributed by atoms with Gasteiger partial charge in [0.1, 0.15) is 5.76 Å². The van der Waals surface area contributed by atoms with E-state index in [1.54, 1.807) is 6.26 Å². The Hall–Kier alpha value is -0.760. The first-order chi connectivity index (χ1) is 7.86. The molecule has 1 fully saturated rings. The van der Waals surface area contributed by atoms with Crippen molar-refractivity contribution < 1.29 is 4.42 Å². The molecule has 1 aromatic heterocycles. The Labute approximate surface area is 98.4 Å². The van der Waals surface area contributed by atoms with Crippen LogP contribution in [0.4, 0.5) is 0 Å². The van der Waals surface area contributed by atoms with Gasteiger partial charge in [-0.15, -0.1) is 0 Å². The van der Waals surface area contributed by atoms with Gasteiger partial charge in [0.05, 0.1) is 12.8 Å². The minimum Gasteiger partial charge on any atom is -0.468 e. The van der Waals surface area contributed by atoms with Gasteiger partial charge < -0.3 is 9.73 Å². The summed E-state index contributed by atoms with van der Waals surface area (Å²) < 4.78 is 5.33. The minimum absolute atomic E-state index is 0.614. The Balaban J connectivity index is 1.75. The Kier molecular flexibility index (Phi) is 4.46. The standard InChI is InChI=1S/C14H23NO/c1-12(13-7-4-2-3-5-8-13)15-11-14-9-6-10-16-14/h6,9-10,12-13,15H,2-5,7-8,11H2,1H3/t12-/m0/s1. The highest BCUT2D eigenvalue weighted by atomic mass is 16.3. The smallest absolute Gasteiger partial charge is 0.117 e. The van der Waals surface area contributed by atoms with Gasteiger partial charge in [-0.25, -0.2) is 0 Å². The summed E-state index contributed by atoms with van der Waals surface area (Å²) in [4.78, 5) is 0. The van der Waals surface area contributed by atoms with Crippen LogP contribution in [0.15, 0.2) is 22.8 Å². The lowest BCUT2D eigenvalue weighted by molar-refractivity contribution is 0.326. The van der Waals surface area contributed by atoms with Gasteiger partial charge in [0.2, 0.25) is 0 Å². The first kappa shape index (κ1) is 11.7. The maximum absolute atomic E-state index is 5.33. The molecule has 0 radical (unpaired) electrons. The average molecular weight is 221 g/mol. The summed E-state index contributed by atoms with van der Waals surface area (Å²) in [6, 6.07) is 4.60. The van der Waals surface area contributed by atoms with E-state index >= 15 is 0 Å². The zero-order chi connectivity index (χ0) is 11.2. The summed E-state index contributed by atoms with van der Waals surface area (Å²) in [5.74, 6) is 1.90. The van der Waals surface area contributed by atoms with Crippen molar-refractivity contribution >= 4 is 0 Å². The van der Waals surface area contributed by atoms with Crippen molar-refractivity contribution in [2.24, 2.45) is 5.92 Å². The zero-order valence-corrected chi connectivity index (χ0v) is 10.2. The first-order valence-electron chi connectivity index (χ1n) is 6.62. The highest BCUT2D eigenvalue weighted by molar-refractivity contribution is 4.97. The fourth-order valence-electron chi connectivity index (χ4n) is 2.65. The van der Waals surface area contributed by atoms with Crippen LogP contribution in [-0.2, 0) is 6.54 Å². The number of hydrogen-bond acceptors (Lipinski definition) is 2. The number of nitrogens with one attached hydrogen (secondary N) is 1. The molecule has 0 bridgehead atoms. The van der Waals surface area contributed by atoms with Crippen LogP contribution in [0.2, 0.25) is 0 Å². The van der Waals surface area contributed by atoms with Crippen molar-refractivity contribution in [3.05, 3.63) is 24.2 Å². The fraction of sp³-hybridized carbons (Fsp3) is 0.714. The predicted octanol–water partition coefficient (Wildman–Crippen LogP) is 3.73. The average Bonchev–Trinajstić information content (AvgIpc) is 2.66. The molecule has 2 nitrogen and oxygen atoms in total. The molecule has 0 saturated heterocycles. The van der Waals surface area contributed by atoms with Crippen LogP contribution in [0.25, 0.3) is 0 Å². The third-order valence-electron chi connectivity index (χ3n) is 3.79. The molecule has 2 heteroatoms. The van der Waals surface area contributed by atoms with E-state index in [9.17, 15) is 0 Å². The van der Waals surface area contributed by atoms with Gasteiger partial charge in [0, 0.05) is 6.04 Å². The van der Waals surface area contributed by atoms with Gasteiger partial charge in [-0.1, -0.05) is 25.7 Å². The topological polar surface area (TPSA) is 25.2 Å². The molecule has 0 spiro atoms. The molecule has 1 heterocycles. The maximum Gasteiger partial charge on any atom is 0.117 e. The van der Waals surface area contributed by atoms with Gasteiger partial charge >= 0.3 is 0 Å². The molecule has 16 heavy (non-hydrogen) atoms. The van der Waals surface area contributed by atoms with E-state index in [0.717, 1.165) is 18.2 Å². The zero-order valence-electron chi connectivity index (χ0n) is 10.2. The van der Waals surface area contributed by atoms with E-state index in [1.165, 1.54) is 38.5 Å². The molecule has 1 saturated carbocycles. The van der Waals surface area contributed by atoms with E-state index in [1.807, 2.05) is 12.1 Å². The van der Waals surface area contributed by atoms with Crippen LogP contribution in [0.3, 0.4) is 0 Å². The Morgan fingerprint density at radius 3 is 2.69 bits per heavy atom. The van der Waals surface area contributed by atoms with Gasteiger partial charge in [-0.05, 0) is 37.8 Å². The molecule has 90 valence electrons. The molecule has 1 atom stereocenters. The van der Waals surface area contributed by atoms with Crippen LogP contribution in [0.1, 0.15) is 51.2 Å². The van der Waals surface area contributed by atoms with E-state index in [0.29, 0.717) is 6.04 Å². The first-order valence-corrected chi connectivity index (χ1v) is 6.62. The third kappa shape index (κ3) is 3.38. The monoisotopic (exact) mass is 221 g/mol. The van der Waals surface area contributed by atoms with Crippen molar-refractivity contribution in [1.82, 2.24) is 5.32 Å². The van der Waals surface area contributed by atoms with Crippen LogP contribution < -0.4 is 5.32 Å². The largest absolute Gasteiger partial charge is 0.468 e. The fourth-order valence-corrected chi connectivity index (χ4v) is 2.65. The molecule has 2 rings (SSSR count). The Morgan fingerprint density at radius 1 is 1.31 bits per heavy atom. The maximum atomic E-state index is 5.33. The second-order valence-electron chi connectivity index (χ2n) is 5.00. The predicted molar refractivity (Wildman–Crippen MR) is 66.2 cm³/mol. The molecule has 1 aliphatic rings. The van der Waals surface area contributed by atoms with E-state index in [-0.39, 0.29) is 0 Å². The van der Waals surface area contributed by atoms with Gasteiger partial charge in [0.25, 0.3) is 0 Å². The molecular weight excluding hydrogens is 198 g/mol. The molecule has 0 unspecified atom stereocenters. The van der Waals surface area contributed by atoms with Crippen molar-refractivity contribution in [2.45, 2.75) is 58.0 Å². The lowest BCUT2D eigenvalue weighted by atomic mass is 9.93. The van der Waals surface area contributed by atoms with E-state index in [2.05, 4.69) is 12.2 Å². The molecule has 1 N–H and O–H groups in total. The number of rotatable bonds is 4. The highest BCUT2D eigenvalue weighted by Crippen LogP contribution is 2.25. The molecular formula is C14H23NO. The summed E-state index contributed by atoms with van der Waals surface area (Å²) in [5, 5.41) is 3.59. The third-order valence-corrected chi connectivity index (χ3v) is 3.79. The van der Waals surface area contributed by atoms with Crippen molar-refractivity contribution in [2.75, 3.05) is 0 Å². The Bertz CT molecular complexity index is 273. The molecule has 1 aromatic rings. The van der Waals surface area contributed by atoms with E-state index in [4.69, 9.17) is 4.42 Å². The van der Waals surface area contributed by atoms with Gasteiger partial charge in [0.15, 0.2) is 0 Å². The Morgan fingerprint density at radius 2 is 2.06 bits per heavy atom. The quantitative estimate of drug-likeness (QED) is 0.784. The van der Waals surface area contributed by atoms with Gasteiger partial charge in [-0.3, -0.25) is 0 Å². The normalized spacial score (nSPS) is 20.6. The molecule has 1 aliphatic carbocycles. The van der Waals surface area contributed by atoms with Crippen LogP contribution >= 0.6 is 0 Å². The van der Waals surface area contributed by atoms with E-state index < -0.39 is 0 Å². The van der Waals surface area contributed by atoms with Crippen LogP contribution in [-0.4, -0.2) is 6.04 Å². The second kappa shape index (κ2) is 6.09. The highest BCUT2D eigenvalue weighted by Gasteiger charge is 2.18. The lowest BCUT2D eigenvalue weighted by Gasteiger charge is -2.23. The summed E-state index contributed by atoms with van der Waals surface area (Å²) in [6.45, 7) is 3.18. The summed E-state index contributed by atoms with van der Waals surface area (Å²) in [7, 11) is 0. The van der Waals surface area contributed by atoms with Gasteiger partial charge in [-0.2, -0.15) is 0 Å². The SMILES string of the molecule is C[C@H](NCc1ccco1)C1CCCCCC1. The van der Waals surface area contributed by atoms with Crippen molar-refractivity contribution in [3.63, 3.8) is 0 Å². The summed E-state index contributed by atoms with van der Waals surface area (Å²) in [6.07, 6.45) is 10.2. The molecule has 0 amide bonds. The number of hydrogen-bond donors (Lipinski definition) is 1. The summed E-state index contributed by atoms with van der Waals surface area (Å²) in [5.41, 5.74) is 0. The second-order valence-corrected chi connectivity index (χ2v) is 5.00. The minimum atomic E-state index is 0.614. The van der Waals surface area contributed by atoms with Crippen LogP contribution in [0, 0.1) is 5.92 Å². The van der Waals surface area contributed by atoms with Crippen molar-refractivity contribution in [1.29, 1.82) is 0 Å². The number of furan rings is 1. The lowest BCUT2D eigenvalue weighted by Crippen LogP contribution is -2.32. The van der Waals surface area contributed by atoms with Crippen molar-refractivity contribution in [3.8, 4) is 0 Å². The van der Waals surface area contributed by atoms with Crippen LogP contribution in [0.5, 0.6) is 0 Å². The molecule has 0 aliphatic heterocycles.